The molecule has 1 aromatic carbocycles. The second-order valence-electron chi connectivity index (χ2n) is 5.07. The van der Waals surface area contributed by atoms with Crippen molar-refractivity contribution in [3.8, 4) is 0 Å². The van der Waals surface area contributed by atoms with Gasteiger partial charge in [0.25, 0.3) is 0 Å². The summed E-state index contributed by atoms with van der Waals surface area (Å²) in [7, 11) is 0. The Morgan fingerprint density at radius 1 is 1.40 bits per heavy atom. The van der Waals surface area contributed by atoms with Crippen LogP contribution in [0.3, 0.4) is 0 Å². The summed E-state index contributed by atoms with van der Waals surface area (Å²) in [6.07, 6.45) is 1.93. The van der Waals surface area contributed by atoms with Crippen molar-refractivity contribution in [2.24, 2.45) is 5.92 Å². The molecule has 1 saturated heterocycles. The third kappa shape index (κ3) is 4.11. The molecule has 0 spiro atoms. The lowest BCUT2D eigenvalue weighted by Crippen LogP contribution is -2.38. The van der Waals surface area contributed by atoms with Crippen molar-refractivity contribution in [3.63, 3.8) is 0 Å². The minimum atomic E-state index is -0.0775. The SMILES string of the molecule is CCOC(=O)[C@@H]1CCCN(Cc2ccc(Cl)c(Cl)c2)C1. The van der Waals surface area contributed by atoms with Gasteiger partial charge in [0.2, 0.25) is 0 Å². The number of likely N-dealkylation sites (tertiary alicyclic amines) is 1. The van der Waals surface area contributed by atoms with Gasteiger partial charge in [-0.1, -0.05) is 29.3 Å². The molecule has 110 valence electrons. The molecule has 0 aliphatic carbocycles. The van der Waals surface area contributed by atoms with Crippen LogP contribution in [0.1, 0.15) is 25.3 Å². The predicted octanol–water partition coefficient (Wildman–Crippen LogP) is 3.77. The Hall–Kier alpha value is -0.770. The van der Waals surface area contributed by atoms with E-state index in [1.807, 2.05) is 25.1 Å². The molecule has 0 saturated carbocycles. The summed E-state index contributed by atoms with van der Waals surface area (Å²) in [6, 6.07) is 5.67. The number of benzene rings is 1. The van der Waals surface area contributed by atoms with Crippen molar-refractivity contribution in [2.45, 2.75) is 26.3 Å². The van der Waals surface area contributed by atoms with Crippen LogP contribution in [0, 0.1) is 5.92 Å². The summed E-state index contributed by atoms with van der Waals surface area (Å²) in [4.78, 5) is 14.1. The van der Waals surface area contributed by atoms with Crippen LogP contribution in [0.15, 0.2) is 18.2 Å². The van der Waals surface area contributed by atoms with Gasteiger partial charge in [-0.3, -0.25) is 9.69 Å². The first-order chi connectivity index (χ1) is 9.60. The van der Waals surface area contributed by atoms with Crippen molar-refractivity contribution >= 4 is 29.2 Å². The summed E-state index contributed by atoms with van der Waals surface area (Å²) in [5.41, 5.74) is 1.11. The zero-order chi connectivity index (χ0) is 14.5. The lowest BCUT2D eigenvalue weighted by atomic mass is 9.98. The quantitative estimate of drug-likeness (QED) is 0.792. The topological polar surface area (TPSA) is 29.5 Å². The lowest BCUT2D eigenvalue weighted by Gasteiger charge is -2.31. The molecule has 0 aromatic heterocycles. The second kappa shape index (κ2) is 7.30. The number of hydrogen-bond donors (Lipinski definition) is 0. The summed E-state index contributed by atoms with van der Waals surface area (Å²) < 4.78 is 5.11. The maximum atomic E-state index is 11.8. The largest absolute Gasteiger partial charge is 0.466 e. The van der Waals surface area contributed by atoms with E-state index in [9.17, 15) is 4.79 Å². The van der Waals surface area contributed by atoms with Gasteiger partial charge in [-0.25, -0.2) is 0 Å². The average Bonchev–Trinajstić information content (AvgIpc) is 2.43. The number of halogens is 2. The van der Waals surface area contributed by atoms with Crippen molar-refractivity contribution in [3.05, 3.63) is 33.8 Å². The third-order valence-electron chi connectivity index (χ3n) is 3.52. The van der Waals surface area contributed by atoms with E-state index < -0.39 is 0 Å². The minimum absolute atomic E-state index is 0.00790. The Balaban J connectivity index is 1.95. The predicted molar refractivity (Wildman–Crippen MR) is 81.1 cm³/mol. The molecular weight excluding hydrogens is 297 g/mol. The molecule has 3 nitrogen and oxygen atoms in total. The van der Waals surface area contributed by atoms with Crippen molar-refractivity contribution < 1.29 is 9.53 Å². The van der Waals surface area contributed by atoms with Crippen LogP contribution in [0.4, 0.5) is 0 Å². The highest BCUT2D eigenvalue weighted by Crippen LogP contribution is 2.25. The zero-order valence-corrected chi connectivity index (χ0v) is 13.1. The van der Waals surface area contributed by atoms with Crippen molar-refractivity contribution in [2.75, 3.05) is 19.7 Å². The molecule has 1 aliphatic rings. The van der Waals surface area contributed by atoms with E-state index in [0.717, 1.165) is 38.0 Å². The highest BCUT2D eigenvalue weighted by molar-refractivity contribution is 6.42. The lowest BCUT2D eigenvalue weighted by molar-refractivity contribution is -0.150. The number of piperidine rings is 1. The standard InChI is InChI=1S/C15H19Cl2NO2/c1-2-20-15(19)12-4-3-7-18(10-12)9-11-5-6-13(16)14(17)8-11/h5-6,8,12H,2-4,7,9-10H2,1H3/t12-/m1/s1. The Morgan fingerprint density at radius 2 is 2.20 bits per heavy atom. The van der Waals surface area contributed by atoms with E-state index in [0.29, 0.717) is 16.7 Å². The molecule has 2 rings (SSSR count). The van der Waals surface area contributed by atoms with E-state index in [2.05, 4.69) is 4.90 Å². The van der Waals surface area contributed by atoms with Crippen molar-refractivity contribution in [1.82, 2.24) is 4.90 Å². The fourth-order valence-corrected chi connectivity index (χ4v) is 2.87. The fourth-order valence-electron chi connectivity index (χ4n) is 2.55. The molecule has 1 aliphatic heterocycles. The maximum absolute atomic E-state index is 11.8. The maximum Gasteiger partial charge on any atom is 0.310 e. The zero-order valence-electron chi connectivity index (χ0n) is 11.6. The normalized spacial score (nSPS) is 19.9. The fraction of sp³-hybridized carbons (Fsp3) is 0.533. The Kier molecular flexibility index (Phi) is 5.70. The van der Waals surface area contributed by atoms with Gasteiger partial charge in [0, 0.05) is 13.1 Å². The van der Waals surface area contributed by atoms with Crippen LogP contribution in [0.25, 0.3) is 0 Å². The average molecular weight is 316 g/mol. The van der Waals surface area contributed by atoms with E-state index in [1.54, 1.807) is 0 Å². The molecule has 1 aromatic rings. The highest BCUT2D eigenvalue weighted by atomic mass is 35.5. The van der Waals surface area contributed by atoms with Gasteiger partial charge in [-0.15, -0.1) is 0 Å². The first-order valence-electron chi connectivity index (χ1n) is 6.93. The number of carbonyl (C=O) groups is 1. The molecule has 1 atom stereocenters. The summed E-state index contributed by atoms with van der Waals surface area (Å²) in [5, 5.41) is 1.14. The molecule has 0 unspecified atom stereocenters. The van der Waals surface area contributed by atoms with Crippen LogP contribution in [0.2, 0.25) is 10.0 Å². The van der Waals surface area contributed by atoms with E-state index >= 15 is 0 Å². The first-order valence-corrected chi connectivity index (χ1v) is 7.68. The molecule has 0 amide bonds. The molecule has 1 heterocycles. The minimum Gasteiger partial charge on any atom is -0.466 e. The molecule has 5 heteroatoms. The molecule has 20 heavy (non-hydrogen) atoms. The van der Waals surface area contributed by atoms with Crippen LogP contribution in [-0.2, 0) is 16.1 Å². The van der Waals surface area contributed by atoms with Gasteiger partial charge in [-0.05, 0) is 44.0 Å². The molecule has 0 bridgehead atoms. The number of ether oxygens (including phenoxy) is 1. The van der Waals surface area contributed by atoms with Crippen LogP contribution in [0.5, 0.6) is 0 Å². The van der Waals surface area contributed by atoms with Crippen molar-refractivity contribution in [1.29, 1.82) is 0 Å². The second-order valence-corrected chi connectivity index (χ2v) is 5.89. The van der Waals surface area contributed by atoms with Gasteiger partial charge in [0.1, 0.15) is 0 Å². The van der Waals surface area contributed by atoms with Crippen LogP contribution >= 0.6 is 23.2 Å². The van der Waals surface area contributed by atoms with E-state index in [-0.39, 0.29) is 11.9 Å². The van der Waals surface area contributed by atoms with Gasteiger partial charge in [-0.2, -0.15) is 0 Å². The van der Waals surface area contributed by atoms with Gasteiger partial charge >= 0.3 is 5.97 Å². The van der Waals surface area contributed by atoms with E-state index in [4.69, 9.17) is 27.9 Å². The van der Waals surface area contributed by atoms with Crippen LogP contribution < -0.4 is 0 Å². The third-order valence-corrected chi connectivity index (χ3v) is 4.25. The Morgan fingerprint density at radius 3 is 2.90 bits per heavy atom. The number of hydrogen-bond acceptors (Lipinski definition) is 3. The first kappa shape index (κ1) is 15.6. The van der Waals surface area contributed by atoms with E-state index in [1.165, 1.54) is 0 Å². The molecule has 0 radical (unpaired) electrons. The summed E-state index contributed by atoms with van der Waals surface area (Å²) in [6.45, 7) is 4.82. The number of esters is 1. The summed E-state index contributed by atoms with van der Waals surface area (Å²) >= 11 is 11.9. The van der Waals surface area contributed by atoms with Crippen LogP contribution in [-0.4, -0.2) is 30.6 Å². The monoisotopic (exact) mass is 315 g/mol. The molecule has 0 N–H and O–H groups in total. The summed E-state index contributed by atoms with van der Waals surface area (Å²) in [5.74, 6) is -0.0854. The smallest absolute Gasteiger partial charge is 0.310 e. The Labute approximate surface area is 129 Å². The Bertz CT molecular complexity index is 479. The van der Waals surface area contributed by atoms with Gasteiger partial charge in [0.05, 0.1) is 22.6 Å². The van der Waals surface area contributed by atoms with Gasteiger partial charge < -0.3 is 4.74 Å². The molecule has 1 fully saturated rings. The number of carbonyl (C=O) groups excluding carboxylic acids is 1. The number of rotatable bonds is 4. The number of nitrogens with zero attached hydrogens (tertiary/aromatic N) is 1. The highest BCUT2D eigenvalue weighted by Gasteiger charge is 2.26. The van der Waals surface area contributed by atoms with Gasteiger partial charge in [0.15, 0.2) is 0 Å². The molecular formula is C15H19Cl2NO2.